The van der Waals surface area contributed by atoms with Gasteiger partial charge in [-0.3, -0.25) is 10.4 Å². The van der Waals surface area contributed by atoms with E-state index in [4.69, 9.17) is 11.1 Å². The summed E-state index contributed by atoms with van der Waals surface area (Å²) in [6.45, 7) is 2.28. The summed E-state index contributed by atoms with van der Waals surface area (Å²) < 4.78 is 0. The number of pyridine rings is 1. The van der Waals surface area contributed by atoms with Crippen molar-refractivity contribution in [2.75, 3.05) is 20.1 Å². The third-order valence-corrected chi connectivity index (χ3v) is 3.25. The van der Waals surface area contributed by atoms with Crippen LogP contribution in [0, 0.1) is 5.41 Å². The summed E-state index contributed by atoms with van der Waals surface area (Å²) in [6, 6.07) is 4.00. The summed E-state index contributed by atoms with van der Waals surface area (Å²) in [5.41, 5.74) is 7.31. The van der Waals surface area contributed by atoms with E-state index in [1.54, 1.807) is 6.20 Å². The van der Waals surface area contributed by atoms with E-state index in [-0.39, 0.29) is 5.84 Å². The Balaban J connectivity index is 2.14. The third kappa shape index (κ3) is 2.39. The fraction of sp³-hybridized carbons (Fsp3) is 0.500. The Hall–Kier alpha value is -1.42. The van der Waals surface area contributed by atoms with Gasteiger partial charge in [-0.15, -0.1) is 0 Å². The van der Waals surface area contributed by atoms with E-state index in [9.17, 15) is 0 Å². The van der Waals surface area contributed by atoms with Gasteiger partial charge in [-0.1, -0.05) is 0 Å². The molecule has 86 valence electrons. The fourth-order valence-electron chi connectivity index (χ4n) is 2.19. The number of aromatic nitrogens is 1. The van der Waals surface area contributed by atoms with Crippen LogP contribution >= 0.6 is 0 Å². The second-order valence-corrected chi connectivity index (χ2v) is 4.47. The van der Waals surface area contributed by atoms with Crippen LogP contribution < -0.4 is 5.73 Å². The molecular formula is C12H18N4. The van der Waals surface area contributed by atoms with Gasteiger partial charge < -0.3 is 10.6 Å². The summed E-state index contributed by atoms with van der Waals surface area (Å²) in [6.07, 6.45) is 4.11. The number of nitrogens with one attached hydrogen (secondary N) is 1. The molecule has 0 atom stereocenters. The van der Waals surface area contributed by atoms with Crippen molar-refractivity contribution < 1.29 is 0 Å². The molecule has 0 aromatic carbocycles. The van der Waals surface area contributed by atoms with Crippen molar-refractivity contribution in [1.29, 1.82) is 5.41 Å². The van der Waals surface area contributed by atoms with Crippen LogP contribution in [0.4, 0.5) is 0 Å². The molecule has 16 heavy (non-hydrogen) atoms. The van der Waals surface area contributed by atoms with Gasteiger partial charge in [0.05, 0.1) is 0 Å². The minimum Gasteiger partial charge on any atom is -0.382 e. The van der Waals surface area contributed by atoms with E-state index in [1.807, 2.05) is 12.1 Å². The van der Waals surface area contributed by atoms with Gasteiger partial charge in [0, 0.05) is 6.20 Å². The normalized spacial score (nSPS) is 18.6. The van der Waals surface area contributed by atoms with E-state index in [2.05, 4.69) is 16.9 Å². The molecular weight excluding hydrogens is 200 g/mol. The van der Waals surface area contributed by atoms with Gasteiger partial charge in [0.2, 0.25) is 0 Å². The number of amidine groups is 1. The Morgan fingerprint density at radius 3 is 2.81 bits per heavy atom. The van der Waals surface area contributed by atoms with Gasteiger partial charge in [-0.25, -0.2) is 0 Å². The Bertz CT molecular complexity index is 380. The van der Waals surface area contributed by atoms with Crippen LogP contribution in [-0.2, 0) is 0 Å². The molecule has 1 fully saturated rings. The van der Waals surface area contributed by atoms with Crippen molar-refractivity contribution in [3.8, 4) is 0 Å². The average Bonchev–Trinajstić information content (AvgIpc) is 2.30. The largest absolute Gasteiger partial charge is 0.382 e. The van der Waals surface area contributed by atoms with Crippen LogP contribution in [0.15, 0.2) is 18.3 Å². The SMILES string of the molecule is CN1CCC(c2ccnc(C(=N)N)c2)CC1. The average molecular weight is 218 g/mol. The van der Waals surface area contributed by atoms with Crippen molar-refractivity contribution in [2.24, 2.45) is 5.73 Å². The monoisotopic (exact) mass is 218 g/mol. The highest BCUT2D eigenvalue weighted by molar-refractivity contribution is 5.93. The van der Waals surface area contributed by atoms with Crippen LogP contribution in [0.1, 0.15) is 30.0 Å². The molecule has 4 nitrogen and oxygen atoms in total. The second kappa shape index (κ2) is 4.61. The maximum absolute atomic E-state index is 7.39. The molecule has 1 saturated heterocycles. The number of nitrogen functional groups attached to an aromatic ring is 1. The Morgan fingerprint density at radius 1 is 1.50 bits per heavy atom. The van der Waals surface area contributed by atoms with E-state index in [0.29, 0.717) is 11.6 Å². The van der Waals surface area contributed by atoms with Crippen molar-refractivity contribution >= 4 is 5.84 Å². The lowest BCUT2D eigenvalue weighted by Crippen LogP contribution is -2.29. The van der Waals surface area contributed by atoms with Gasteiger partial charge >= 0.3 is 0 Å². The van der Waals surface area contributed by atoms with E-state index < -0.39 is 0 Å². The highest BCUT2D eigenvalue weighted by Crippen LogP contribution is 2.27. The predicted octanol–water partition coefficient (Wildman–Crippen LogP) is 1.17. The lowest BCUT2D eigenvalue weighted by molar-refractivity contribution is 0.255. The zero-order valence-corrected chi connectivity index (χ0v) is 9.61. The van der Waals surface area contributed by atoms with E-state index in [0.717, 1.165) is 13.1 Å². The first kappa shape index (κ1) is 11.1. The topological polar surface area (TPSA) is 66.0 Å². The quantitative estimate of drug-likeness (QED) is 0.578. The third-order valence-electron chi connectivity index (χ3n) is 3.25. The van der Waals surface area contributed by atoms with Crippen LogP contribution in [-0.4, -0.2) is 35.9 Å². The Kier molecular flexibility index (Phi) is 3.19. The van der Waals surface area contributed by atoms with Crippen LogP contribution in [0.25, 0.3) is 0 Å². The standard InChI is InChI=1S/C12H18N4/c1-16-6-3-9(4-7-16)10-2-5-15-11(8-10)12(13)14/h2,5,8-9H,3-4,6-7H2,1H3,(H3,13,14). The molecule has 0 amide bonds. The maximum atomic E-state index is 7.39. The van der Waals surface area contributed by atoms with E-state index >= 15 is 0 Å². The molecule has 0 radical (unpaired) electrons. The lowest BCUT2D eigenvalue weighted by Gasteiger charge is -2.29. The van der Waals surface area contributed by atoms with Crippen LogP contribution in [0.3, 0.4) is 0 Å². The number of nitrogens with zero attached hydrogens (tertiary/aromatic N) is 2. The van der Waals surface area contributed by atoms with Crippen molar-refractivity contribution in [3.63, 3.8) is 0 Å². The van der Waals surface area contributed by atoms with Gasteiger partial charge in [-0.2, -0.15) is 0 Å². The van der Waals surface area contributed by atoms with Gasteiger partial charge in [0.15, 0.2) is 0 Å². The molecule has 1 aliphatic rings. The molecule has 0 saturated carbocycles. The summed E-state index contributed by atoms with van der Waals surface area (Å²) >= 11 is 0. The maximum Gasteiger partial charge on any atom is 0.141 e. The van der Waals surface area contributed by atoms with Crippen LogP contribution in [0.2, 0.25) is 0 Å². The molecule has 1 aromatic heterocycles. The Labute approximate surface area is 96.0 Å². The first-order valence-electron chi connectivity index (χ1n) is 5.65. The number of hydrogen-bond donors (Lipinski definition) is 2. The number of hydrogen-bond acceptors (Lipinski definition) is 3. The van der Waals surface area contributed by atoms with Crippen molar-refractivity contribution in [2.45, 2.75) is 18.8 Å². The smallest absolute Gasteiger partial charge is 0.141 e. The molecule has 4 heteroatoms. The summed E-state index contributed by atoms with van der Waals surface area (Å²) in [5.74, 6) is 0.645. The molecule has 1 aromatic rings. The molecule has 3 N–H and O–H groups in total. The Morgan fingerprint density at radius 2 is 2.19 bits per heavy atom. The second-order valence-electron chi connectivity index (χ2n) is 4.47. The number of piperidine rings is 1. The number of likely N-dealkylation sites (tertiary alicyclic amines) is 1. The molecule has 2 heterocycles. The van der Waals surface area contributed by atoms with Crippen molar-refractivity contribution in [1.82, 2.24) is 9.88 Å². The molecule has 2 rings (SSSR count). The van der Waals surface area contributed by atoms with Crippen LogP contribution in [0.5, 0.6) is 0 Å². The highest BCUT2D eigenvalue weighted by Gasteiger charge is 2.18. The summed E-state index contributed by atoms with van der Waals surface area (Å²) in [4.78, 5) is 6.44. The molecule has 0 aliphatic carbocycles. The van der Waals surface area contributed by atoms with E-state index in [1.165, 1.54) is 18.4 Å². The minimum atomic E-state index is 0.0507. The first-order chi connectivity index (χ1) is 7.66. The minimum absolute atomic E-state index is 0.0507. The number of rotatable bonds is 2. The zero-order valence-electron chi connectivity index (χ0n) is 9.61. The lowest BCUT2D eigenvalue weighted by atomic mass is 9.90. The summed E-state index contributed by atoms with van der Waals surface area (Å²) in [7, 11) is 2.16. The molecule has 0 spiro atoms. The highest BCUT2D eigenvalue weighted by atomic mass is 15.1. The van der Waals surface area contributed by atoms with Gasteiger partial charge in [0.25, 0.3) is 0 Å². The van der Waals surface area contributed by atoms with Gasteiger partial charge in [0.1, 0.15) is 11.5 Å². The predicted molar refractivity (Wildman–Crippen MR) is 64.7 cm³/mol. The molecule has 0 unspecified atom stereocenters. The zero-order chi connectivity index (χ0) is 11.5. The van der Waals surface area contributed by atoms with Gasteiger partial charge in [-0.05, 0) is 56.6 Å². The van der Waals surface area contributed by atoms with Crippen molar-refractivity contribution in [3.05, 3.63) is 29.6 Å². The molecule has 1 aliphatic heterocycles. The molecule has 0 bridgehead atoms. The summed E-state index contributed by atoms with van der Waals surface area (Å²) in [5, 5.41) is 7.39. The number of nitrogens with two attached hydrogens (primary N) is 1. The fourth-order valence-corrected chi connectivity index (χ4v) is 2.19. The first-order valence-corrected chi connectivity index (χ1v) is 5.65.